The number of anilines is 1. The van der Waals surface area contributed by atoms with Gasteiger partial charge in [-0.1, -0.05) is 30.3 Å². The van der Waals surface area contributed by atoms with Gasteiger partial charge in [-0.05, 0) is 36.4 Å². The summed E-state index contributed by atoms with van der Waals surface area (Å²) in [7, 11) is 3.01. The summed E-state index contributed by atoms with van der Waals surface area (Å²) in [6.07, 6.45) is 0. The number of ether oxygens (including phenoxy) is 2. The first-order valence-electron chi connectivity index (χ1n) is 8.31. The molecule has 0 aliphatic heterocycles. The normalized spacial score (nSPS) is 10.3. The van der Waals surface area contributed by atoms with Crippen molar-refractivity contribution in [3.05, 3.63) is 89.0 Å². The van der Waals surface area contributed by atoms with Gasteiger partial charge in [0.05, 0.1) is 25.5 Å². The van der Waals surface area contributed by atoms with E-state index in [0.717, 1.165) is 0 Å². The van der Waals surface area contributed by atoms with Crippen molar-refractivity contribution in [3.8, 4) is 11.5 Å². The average molecular weight is 361 g/mol. The second kappa shape index (κ2) is 7.74. The minimum atomic E-state index is -0.353. The average Bonchev–Trinajstić information content (AvgIpc) is 2.73. The molecule has 136 valence electrons. The lowest BCUT2D eigenvalue weighted by molar-refractivity contribution is 0.100. The van der Waals surface area contributed by atoms with Crippen LogP contribution in [0.3, 0.4) is 0 Å². The number of rotatable bonds is 6. The topological polar surface area (TPSA) is 78.6 Å². The van der Waals surface area contributed by atoms with Crippen LogP contribution in [0.5, 0.6) is 11.5 Å². The van der Waals surface area contributed by atoms with Crippen LogP contribution in [0.2, 0.25) is 0 Å². The zero-order valence-electron chi connectivity index (χ0n) is 15.1. The molecular weight excluding hydrogens is 342 g/mol. The third kappa shape index (κ3) is 3.53. The molecule has 0 saturated carbocycles. The molecule has 0 aliphatic rings. The van der Waals surface area contributed by atoms with Crippen LogP contribution < -0.4 is 15.2 Å². The van der Waals surface area contributed by atoms with Gasteiger partial charge in [-0.25, -0.2) is 0 Å². The summed E-state index contributed by atoms with van der Waals surface area (Å²) in [4.78, 5) is 26.1. The molecule has 0 aromatic heterocycles. The molecule has 3 rings (SSSR count). The monoisotopic (exact) mass is 361 g/mol. The smallest absolute Gasteiger partial charge is 0.195 e. The summed E-state index contributed by atoms with van der Waals surface area (Å²) < 4.78 is 10.4. The maximum absolute atomic E-state index is 13.2. The largest absolute Gasteiger partial charge is 0.497 e. The first kappa shape index (κ1) is 18.2. The molecule has 0 amide bonds. The highest BCUT2D eigenvalue weighted by atomic mass is 16.5. The van der Waals surface area contributed by atoms with E-state index in [4.69, 9.17) is 15.2 Å². The molecule has 3 aromatic rings. The van der Waals surface area contributed by atoms with E-state index in [0.29, 0.717) is 22.6 Å². The van der Waals surface area contributed by atoms with Gasteiger partial charge in [-0.3, -0.25) is 9.59 Å². The third-order valence-electron chi connectivity index (χ3n) is 4.29. The molecule has 27 heavy (non-hydrogen) atoms. The zero-order chi connectivity index (χ0) is 19.4. The minimum absolute atomic E-state index is 0.133. The maximum atomic E-state index is 13.2. The van der Waals surface area contributed by atoms with Crippen molar-refractivity contribution in [2.24, 2.45) is 0 Å². The number of methoxy groups -OCH3 is 2. The lowest BCUT2D eigenvalue weighted by Gasteiger charge is -2.14. The van der Waals surface area contributed by atoms with Gasteiger partial charge in [0.1, 0.15) is 11.5 Å². The number of nitrogens with two attached hydrogens (primary N) is 1. The van der Waals surface area contributed by atoms with Crippen LogP contribution in [-0.2, 0) is 0 Å². The number of carbonyl (C=O) groups excluding carboxylic acids is 2. The highest BCUT2D eigenvalue weighted by molar-refractivity contribution is 6.22. The second-order valence-corrected chi connectivity index (χ2v) is 5.86. The van der Waals surface area contributed by atoms with E-state index >= 15 is 0 Å². The van der Waals surface area contributed by atoms with Gasteiger partial charge < -0.3 is 15.2 Å². The number of benzene rings is 3. The summed E-state index contributed by atoms with van der Waals surface area (Å²) in [6.45, 7) is 0. The van der Waals surface area contributed by atoms with Gasteiger partial charge in [0.15, 0.2) is 11.6 Å². The number of hydrogen-bond acceptors (Lipinski definition) is 5. The Morgan fingerprint density at radius 3 is 1.96 bits per heavy atom. The molecule has 3 aromatic carbocycles. The Morgan fingerprint density at radius 2 is 1.37 bits per heavy atom. The second-order valence-electron chi connectivity index (χ2n) is 5.86. The summed E-state index contributed by atoms with van der Waals surface area (Å²) in [6, 6.07) is 18.6. The lowest BCUT2D eigenvalue weighted by atomic mass is 9.91. The molecular formula is C22H19NO4. The van der Waals surface area contributed by atoms with E-state index in [-0.39, 0.29) is 28.4 Å². The fraction of sp³-hybridized carbons (Fsp3) is 0.0909. The first-order chi connectivity index (χ1) is 13.1. The van der Waals surface area contributed by atoms with Crippen LogP contribution in [0.25, 0.3) is 0 Å². The molecule has 0 aliphatic carbocycles. The molecule has 0 fully saturated rings. The van der Waals surface area contributed by atoms with Crippen LogP contribution in [0.4, 0.5) is 5.69 Å². The summed E-state index contributed by atoms with van der Waals surface area (Å²) in [5.41, 5.74) is 7.57. The summed E-state index contributed by atoms with van der Waals surface area (Å²) in [5, 5.41) is 0. The van der Waals surface area contributed by atoms with Gasteiger partial charge in [0.25, 0.3) is 0 Å². The SMILES string of the molecule is COc1ccc(C(=O)c2c(C(=O)c3ccccc3)ccc(OC)c2N)cc1. The Morgan fingerprint density at radius 1 is 0.741 bits per heavy atom. The van der Waals surface area contributed by atoms with Crippen LogP contribution in [-0.4, -0.2) is 25.8 Å². The third-order valence-corrected chi connectivity index (χ3v) is 4.29. The van der Waals surface area contributed by atoms with E-state index < -0.39 is 0 Å². The highest BCUT2D eigenvalue weighted by Crippen LogP contribution is 2.32. The first-order valence-corrected chi connectivity index (χ1v) is 8.31. The number of nitrogen functional groups attached to an aromatic ring is 1. The van der Waals surface area contributed by atoms with Gasteiger partial charge in [0, 0.05) is 16.7 Å². The van der Waals surface area contributed by atoms with E-state index in [1.165, 1.54) is 7.11 Å². The van der Waals surface area contributed by atoms with Crippen molar-refractivity contribution in [1.82, 2.24) is 0 Å². The Labute approximate surface area is 157 Å². The molecule has 0 bridgehead atoms. The van der Waals surface area contributed by atoms with Crippen LogP contribution >= 0.6 is 0 Å². The fourth-order valence-electron chi connectivity index (χ4n) is 2.84. The predicted molar refractivity (Wildman–Crippen MR) is 104 cm³/mol. The Bertz CT molecular complexity index is 979. The Balaban J connectivity index is 2.14. The molecule has 2 N–H and O–H groups in total. The molecule has 5 heteroatoms. The van der Waals surface area contributed by atoms with Gasteiger partial charge in [0.2, 0.25) is 0 Å². The molecule has 0 spiro atoms. The maximum Gasteiger partial charge on any atom is 0.195 e. The standard InChI is InChI=1S/C22H19NO4/c1-26-16-10-8-15(9-11-16)22(25)19-17(12-13-18(27-2)20(19)23)21(24)14-6-4-3-5-7-14/h3-13H,23H2,1-2H3. The predicted octanol–water partition coefficient (Wildman–Crippen LogP) is 3.75. The zero-order valence-corrected chi connectivity index (χ0v) is 15.1. The highest BCUT2D eigenvalue weighted by Gasteiger charge is 2.24. The van der Waals surface area contributed by atoms with E-state index in [1.54, 1.807) is 67.8 Å². The van der Waals surface area contributed by atoms with Crippen molar-refractivity contribution >= 4 is 17.3 Å². The molecule has 0 atom stereocenters. The van der Waals surface area contributed by atoms with Gasteiger partial charge in [-0.15, -0.1) is 0 Å². The van der Waals surface area contributed by atoms with Gasteiger partial charge in [-0.2, -0.15) is 0 Å². The molecule has 0 heterocycles. The fourth-order valence-corrected chi connectivity index (χ4v) is 2.84. The number of ketones is 2. The molecule has 0 radical (unpaired) electrons. The van der Waals surface area contributed by atoms with E-state index in [9.17, 15) is 9.59 Å². The molecule has 0 saturated heterocycles. The van der Waals surface area contributed by atoms with Crippen LogP contribution in [0.1, 0.15) is 31.8 Å². The van der Waals surface area contributed by atoms with Crippen molar-refractivity contribution < 1.29 is 19.1 Å². The summed E-state index contributed by atoms with van der Waals surface area (Å²) >= 11 is 0. The van der Waals surface area contributed by atoms with Crippen molar-refractivity contribution in [3.63, 3.8) is 0 Å². The molecule has 0 unspecified atom stereocenters. The van der Waals surface area contributed by atoms with E-state index in [1.807, 2.05) is 6.07 Å². The minimum Gasteiger partial charge on any atom is -0.497 e. The van der Waals surface area contributed by atoms with Gasteiger partial charge >= 0.3 is 0 Å². The number of carbonyl (C=O) groups is 2. The van der Waals surface area contributed by atoms with Crippen molar-refractivity contribution in [2.75, 3.05) is 20.0 Å². The quantitative estimate of drug-likeness (QED) is 0.534. The Kier molecular flexibility index (Phi) is 5.22. The molecule has 5 nitrogen and oxygen atoms in total. The lowest BCUT2D eigenvalue weighted by Crippen LogP contribution is -2.14. The van der Waals surface area contributed by atoms with E-state index in [2.05, 4.69) is 0 Å². The Hall–Kier alpha value is -3.60. The number of hydrogen-bond donors (Lipinski definition) is 1. The van der Waals surface area contributed by atoms with Crippen molar-refractivity contribution in [2.45, 2.75) is 0 Å². The summed E-state index contributed by atoms with van der Waals surface area (Å²) in [5.74, 6) is 0.345. The van der Waals surface area contributed by atoms with Crippen LogP contribution in [0, 0.1) is 0 Å². The van der Waals surface area contributed by atoms with Crippen LogP contribution in [0.15, 0.2) is 66.7 Å². The van der Waals surface area contributed by atoms with Crippen molar-refractivity contribution in [1.29, 1.82) is 0 Å².